The fourth-order valence-corrected chi connectivity index (χ4v) is 5.73. The van der Waals surface area contributed by atoms with Crippen molar-refractivity contribution in [1.82, 2.24) is 20.4 Å². The van der Waals surface area contributed by atoms with Gasteiger partial charge >= 0.3 is 12.1 Å². The van der Waals surface area contributed by atoms with E-state index in [0.717, 1.165) is 38.8 Å². The first-order valence-corrected chi connectivity index (χ1v) is 14.6. The monoisotopic (exact) mass is 546 g/mol. The quantitative estimate of drug-likeness (QED) is 0.269. The van der Waals surface area contributed by atoms with Crippen LogP contribution in [0.1, 0.15) is 78.1 Å². The van der Waals surface area contributed by atoms with Crippen molar-refractivity contribution < 1.29 is 23.9 Å². The average molecular weight is 547 g/mol. The van der Waals surface area contributed by atoms with Gasteiger partial charge in [-0.25, -0.2) is 9.79 Å². The van der Waals surface area contributed by atoms with Crippen molar-refractivity contribution in [1.29, 1.82) is 5.26 Å². The molecule has 0 aromatic carbocycles. The number of alkyl carbamates (subject to hydrolysis) is 1. The van der Waals surface area contributed by atoms with Gasteiger partial charge in [0.05, 0.1) is 25.2 Å². The molecule has 1 saturated carbocycles. The lowest BCUT2D eigenvalue weighted by Crippen LogP contribution is -2.56. The van der Waals surface area contributed by atoms with Crippen LogP contribution >= 0.6 is 0 Å². The summed E-state index contributed by atoms with van der Waals surface area (Å²) in [4.78, 5) is 47.4. The number of nitrogens with one attached hydrogen (secondary N) is 2. The van der Waals surface area contributed by atoms with Gasteiger partial charge in [-0.05, 0) is 58.9 Å². The molecule has 0 unspecified atom stereocenters. The molecule has 2 amide bonds. The van der Waals surface area contributed by atoms with Gasteiger partial charge in [0.2, 0.25) is 11.9 Å². The summed E-state index contributed by atoms with van der Waals surface area (Å²) in [6, 6.07) is 1.62. The Labute approximate surface area is 232 Å². The van der Waals surface area contributed by atoms with Gasteiger partial charge in [0.15, 0.2) is 0 Å². The predicted molar refractivity (Wildman–Crippen MR) is 147 cm³/mol. The number of guanidine groups is 1. The number of nitriles is 1. The van der Waals surface area contributed by atoms with Crippen LogP contribution in [0.25, 0.3) is 0 Å². The van der Waals surface area contributed by atoms with Crippen molar-refractivity contribution in [3.63, 3.8) is 0 Å². The highest BCUT2D eigenvalue weighted by Gasteiger charge is 2.38. The smallest absolute Gasteiger partial charge is 0.413 e. The Bertz CT molecular complexity index is 897. The number of hydrogen-bond acceptors (Lipinski definition) is 8. The molecule has 39 heavy (non-hydrogen) atoms. The maximum absolute atomic E-state index is 13.8. The molecule has 218 valence electrons. The van der Waals surface area contributed by atoms with E-state index in [0.29, 0.717) is 57.7 Å². The highest BCUT2D eigenvalue weighted by Crippen LogP contribution is 2.29. The third-order valence-corrected chi connectivity index (χ3v) is 8.18. The summed E-state index contributed by atoms with van der Waals surface area (Å²) < 4.78 is 10.3. The topological polar surface area (TPSA) is 136 Å². The second kappa shape index (κ2) is 15.1. The van der Waals surface area contributed by atoms with Gasteiger partial charge in [0, 0.05) is 26.2 Å². The van der Waals surface area contributed by atoms with Crippen molar-refractivity contribution in [2.75, 3.05) is 46.4 Å². The number of piperidine rings is 2. The van der Waals surface area contributed by atoms with Crippen molar-refractivity contribution in [3.8, 4) is 6.07 Å². The molecular formula is C28H46N6O5. The van der Waals surface area contributed by atoms with Crippen LogP contribution in [0, 0.1) is 23.2 Å². The fraction of sp³-hybridized carbons (Fsp3) is 0.821. The normalized spacial score (nSPS) is 21.9. The van der Waals surface area contributed by atoms with Crippen LogP contribution in [-0.2, 0) is 19.1 Å². The zero-order valence-corrected chi connectivity index (χ0v) is 23.9. The molecular weight excluding hydrogens is 500 g/mol. The molecule has 3 rings (SSSR count). The molecule has 0 radical (unpaired) electrons. The summed E-state index contributed by atoms with van der Waals surface area (Å²) in [5.41, 5.74) is -0.920. The lowest BCUT2D eigenvalue weighted by molar-refractivity contribution is -0.149. The van der Waals surface area contributed by atoms with E-state index in [9.17, 15) is 19.6 Å². The average Bonchev–Trinajstić information content (AvgIpc) is 2.94. The first-order chi connectivity index (χ1) is 18.8. The number of aliphatic imine (C=N–C) groups is 1. The van der Waals surface area contributed by atoms with Crippen LogP contribution in [-0.4, -0.2) is 91.8 Å². The molecule has 0 bridgehead atoms. The number of nitrogens with zero attached hydrogens (tertiary/aromatic N) is 4. The summed E-state index contributed by atoms with van der Waals surface area (Å²) in [6.07, 6.45) is 7.70. The summed E-state index contributed by atoms with van der Waals surface area (Å²) in [6.45, 7) is 6.50. The SMILES string of the molecule is CCOC(=O)NC(=N[C@@H](CC1CCCCC1)C(=O)NC1(C#N)CCN(C)CC1)N1CCC(C(=O)OCC)CC1. The van der Waals surface area contributed by atoms with Gasteiger partial charge in [-0.2, -0.15) is 5.26 Å². The minimum absolute atomic E-state index is 0.203. The van der Waals surface area contributed by atoms with Gasteiger partial charge in [-0.15, -0.1) is 0 Å². The van der Waals surface area contributed by atoms with E-state index in [1.807, 2.05) is 11.9 Å². The number of ether oxygens (including phenoxy) is 2. The van der Waals surface area contributed by atoms with E-state index in [1.165, 1.54) is 6.42 Å². The second-order valence-corrected chi connectivity index (χ2v) is 11.1. The maximum atomic E-state index is 13.8. The van der Waals surface area contributed by atoms with E-state index in [-0.39, 0.29) is 30.4 Å². The minimum Gasteiger partial charge on any atom is -0.466 e. The zero-order chi connectivity index (χ0) is 28.3. The molecule has 2 heterocycles. The number of esters is 1. The Balaban J connectivity index is 1.83. The number of amides is 2. The van der Waals surface area contributed by atoms with Gasteiger partial charge in [0.1, 0.15) is 11.6 Å². The van der Waals surface area contributed by atoms with Crippen LogP contribution in [0.2, 0.25) is 0 Å². The third-order valence-electron chi connectivity index (χ3n) is 8.18. The first kappa shape index (κ1) is 30.7. The highest BCUT2D eigenvalue weighted by molar-refractivity contribution is 5.96. The zero-order valence-electron chi connectivity index (χ0n) is 23.9. The molecule has 1 aliphatic carbocycles. The molecule has 2 aliphatic heterocycles. The van der Waals surface area contributed by atoms with Crippen molar-refractivity contribution in [2.45, 2.75) is 89.6 Å². The van der Waals surface area contributed by atoms with E-state index in [4.69, 9.17) is 14.5 Å². The number of rotatable bonds is 8. The summed E-state index contributed by atoms with van der Waals surface area (Å²) in [5, 5.41) is 15.8. The van der Waals surface area contributed by atoms with E-state index >= 15 is 0 Å². The largest absolute Gasteiger partial charge is 0.466 e. The lowest BCUT2D eigenvalue weighted by atomic mass is 9.84. The van der Waals surface area contributed by atoms with E-state index in [1.54, 1.807) is 13.8 Å². The van der Waals surface area contributed by atoms with Crippen LogP contribution < -0.4 is 10.6 Å². The molecule has 1 atom stereocenters. The fourth-order valence-electron chi connectivity index (χ4n) is 5.73. The van der Waals surface area contributed by atoms with E-state index < -0.39 is 17.7 Å². The van der Waals surface area contributed by atoms with E-state index in [2.05, 4.69) is 21.6 Å². The van der Waals surface area contributed by atoms with Crippen LogP contribution in [0.4, 0.5) is 4.79 Å². The van der Waals surface area contributed by atoms with Crippen molar-refractivity contribution >= 4 is 23.9 Å². The molecule has 0 aromatic rings. The molecule has 3 aliphatic rings. The molecule has 0 spiro atoms. The molecule has 0 aromatic heterocycles. The van der Waals surface area contributed by atoms with Gasteiger partial charge in [0.25, 0.3) is 0 Å². The van der Waals surface area contributed by atoms with Gasteiger partial charge < -0.3 is 24.6 Å². The molecule has 11 nitrogen and oxygen atoms in total. The summed E-state index contributed by atoms with van der Waals surface area (Å²) in [7, 11) is 2.01. The maximum Gasteiger partial charge on any atom is 0.413 e. The lowest BCUT2D eigenvalue weighted by Gasteiger charge is -2.37. The molecule has 2 N–H and O–H groups in total. The number of hydrogen-bond donors (Lipinski definition) is 2. The van der Waals surface area contributed by atoms with Crippen LogP contribution in [0.15, 0.2) is 4.99 Å². The Kier molecular flexibility index (Phi) is 11.8. The standard InChI is InChI=1S/C28H46N6O5/c1-4-38-25(36)22-11-15-34(16-12-22)26(31-27(37)39-5-2)30-23(19-21-9-7-6-8-10-21)24(35)32-28(20-29)13-17-33(3)18-14-28/h21-23H,4-19H2,1-3H3,(H,32,35)(H,30,31,37)/t23-/m0/s1. The number of carbonyl (C=O) groups excluding carboxylic acids is 3. The Morgan fingerprint density at radius 1 is 1.00 bits per heavy atom. The third kappa shape index (κ3) is 9.09. The van der Waals surface area contributed by atoms with Gasteiger partial charge in [-0.3, -0.25) is 14.9 Å². The first-order valence-electron chi connectivity index (χ1n) is 14.6. The van der Waals surface area contributed by atoms with Gasteiger partial charge in [-0.1, -0.05) is 32.1 Å². The highest BCUT2D eigenvalue weighted by atomic mass is 16.5. The summed E-state index contributed by atoms with van der Waals surface area (Å²) >= 11 is 0. The second-order valence-electron chi connectivity index (χ2n) is 11.1. The number of likely N-dealkylation sites (tertiary alicyclic amines) is 2. The van der Waals surface area contributed by atoms with Crippen molar-refractivity contribution in [2.24, 2.45) is 16.8 Å². The minimum atomic E-state index is -0.920. The number of carbonyl (C=O) groups is 3. The predicted octanol–water partition coefficient (Wildman–Crippen LogP) is 2.81. The molecule has 2 saturated heterocycles. The molecule has 3 fully saturated rings. The summed E-state index contributed by atoms with van der Waals surface area (Å²) in [5.74, 6) is -0.0562. The van der Waals surface area contributed by atoms with Crippen LogP contribution in [0.3, 0.4) is 0 Å². The van der Waals surface area contributed by atoms with Crippen molar-refractivity contribution in [3.05, 3.63) is 0 Å². The molecule has 11 heteroatoms. The Morgan fingerprint density at radius 2 is 1.64 bits per heavy atom. The van der Waals surface area contributed by atoms with Crippen LogP contribution in [0.5, 0.6) is 0 Å². The Morgan fingerprint density at radius 3 is 2.23 bits per heavy atom. The Hall–Kier alpha value is -2.87.